The molecule has 0 fully saturated rings. The largest absolute Gasteiger partial charge is 0.497 e. The summed E-state index contributed by atoms with van der Waals surface area (Å²) in [6, 6.07) is 13.3. The SMILES string of the molecule is COc1ccc(-c2nc(CO/N=C\c3ccc(OC(F)F)cc3)co2)cc1. The van der Waals surface area contributed by atoms with Gasteiger partial charge in [0.05, 0.1) is 13.3 Å². The molecule has 0 radical (unpaired) electrons. The monoisotopic (exact) mass is 374 g/mol. The van der Waals surface area contributed by atoms with Crippen LogP contribution in [0.5, 0.6) is 11.5 Å². The van der Waals surface area contributed by atoms with Crippen molar-refractivity contribution >= 4 is 6.21 Å². The summed E-state index contributed by atoms with van der Waals surface area (Å²) in [7, 11) is 1.60. The van der Waals surface area contributed by atoms with Gasteiger partial charge in [0, 0.05) is 5.56 Å². The Bertz CT molecular complexity index is 877. The van der Waals surface area contributed by atoms with E-state index >= 15 is 0 Å². The second kappa shape index (κ2) is 8.79. The first kappa shape index (κ1) is 18.4. The van der Waals surface area contributed by atoms with E-state index in [1.165, 1.54) is 24.6 Å². The molecule has 3 rings (SSSR count). The summed E-state index contributed by atoms with van der Waals surface area (Å²) in [5.41, 5.74) is 2.07. The van der Waals surface area contributed by atoms with Crippen molar-refractivity contribution in [1.29, 1.82) is 0 Å². The Morgan fingerprint density at radius 1 is 1.07 bits per heavy atom. The van der Waals surface area contributed by atoms with Crippen molar-refractivity contribution in [3.05, 3.63) is 66.1 Å². The van der Waals surface area contributed by atoms with Crippen molar-refractivity contribution in [3.8, 4) is 23.0 Å². The fourth-order valence-electron chi connectivity index (χ4n) is 2.18. The second-order valence-electron chi connectivity index (χ2n) is 5.33. The first-order chi connectivity index (χ1) is 13.1. The fraction of sp³-hybridized carbons (Fsp3) is 0.158. The third-order valence-electron chi connectivity index (χ3n) is 3.48. The molecule has 0 aliphatic rings. The number of halogens is 2. The molecule has 0 atom stereocenters. The highest BCUT2D eigenvalue weighted by Crippen LogP contribution is 2.22. The van der Waals surface area contributed by atoms with E-state index < -0.39 is 6.61 Å². The quantitative estimate of drug-likeness (QED) is 0.429. The highest BCUT2D eigenvalue weighted by molar-refractivity contribution is 5.79. The summed E-state index contributed by atoms with van der Waals surface area (Å²) in [4.78, 5) is 9.51. The van der Waals surface area contributed by atoms with Crippen LogP contribution in [0, 0.1) is 0 Å². The molecule has 3 aromatic rings. The zero-order chi connectivity index (χ0) is 19.1. The Hall–Kier alpha value is -3.42. The zero-order valence-corrected chi connectivity index (χ0v) is 14.3. The van der Waals surface area contributed by atoms with Crippen LogP contribution < -0.4 is 9.47 Å². The van der Waals surface area contributed by atoms with E-state index in [2.05, 4.69) is 14.9 Å². The van der Waals surface area contributed by atoms with Gasteiger partial charge in [0.15, 0.2) is 6.61 Å². The number of hydrogen-bond acceptors (Lipinski definition) is 6. The third kappa shape index (κ3) is 5.27. The lowest BCUT2D eigenvalue weighted by atomic mass is 10.2. The minimum absolute atomic E-state index is 0.0803. The van der Waals surface area contributed by atoms with Crippen molar-refractivity contribution in [3.63, 3.8) is 0 Å². The van der Waals surface area contributed by atoms with Crippen molar-refractivity contribution in [2.75, 3.05) is 7.11 Å². The predicted molar refractivity (Wildman–Crippen MR) is 93.9 cm³/mol. The summed E-state index contributed by atoms with van der Waals surface area (Å²) < 4.78 is 39.0. The van der Waals surface area contributed by atoms with Crippen molar-refractivity contribution < 1.29 is 27.5 Å². The maximum atomic E-state index is 12.1. The highest BCUT2D eigenvalue weighted by atomic mass is 19.3. The molecule has 0 N–H and O–H groups in total. The molecule has 2 aromatic carbocycles. The average molecular weight is 374 g/mol. The van der Waals surface area contributed by atoms with Gasteiger partial charge in [0.1, 0.15) is 23.5 Å². The molecule has 0 aliphatic heterocycles. The summed E-state index contributed by atoms with van der Waals surface area (Å²) >= 11 is 0. The Kier molecular flexibility index (Phi) is 5.98. The molecular weight excluding hydrogens is 358 g/mol. The minimum Gasteiger partial charge on any atom is -0.497 e. The molecule has 6 nitrogen and oxygen atoms in total. The Morgan fingerprint density at radius 2 is 1.78 bits per heavy atom. The number of alkyl halides is 2. The molecule has 0 spiro atoms. The van der Waals surface area contributed by atoms with Crippen LogP contribution in [-0.2, 0) is 11.4 Å². The van der Waals surface area contributed by atoms with Gasteiger partial charge in [-0.25, -0.2) is 4.98 Å². The van der Waals surface area contributed by atoms with Crippen LogP contribution in [0.1, 0.15) is 11.3 Å². The molecule has 0 saturated carbocycles. The maximum absolute atomic E-state index is 12.1. The summed E-state index contributed by atoms with van der Waals surface area (Å²) in [5, 5.41) is 3.82. The fourth-order valence-corrected chi connectivity index (χ4v) is 2.18. The molecule has 140 valence electrons. The van der Waals surface area contributed by atoms with Crippen LogP contribution in [0.25, 0.3) is 11.5 Å². The van der Waals surface area contributed by atoms with Crippen LogP contribution in [0.3, 0.4) is 0 Å². The molecule has 1 aromatic heterocycles. The Balaban J connectivity index is 1.51. The Morgan fingerprint density at radius 3 is 2.44 bits per heavy atom. The highest BCUT2D eigenvalue weighted by Gasteiger charge is 2.07. The number of nitrogens with zero attached hydrogens (tertiary/aromatic N) is 2. The molecule has 0 saturated heterocycles. The van der Waals surface area contributed by atoms with E-state index in [0.717, 1.165) is 11.3 Å². The standard InChI is InChI=1S/C19H16F2N2O4/c1-24-16-8-4-14(5-9-16)18-23-15(11-25-18)12-26-22-10-13-2-6-17(7-3-13)27-19(20)21/h2-11,19H,12H2,1H3/b22-10-. The number of aromatic nitrogens is 1. The third-order valence-corrected chi connectivity index (χ3v) is 3.48. The van der Waals surface area contributed by atoms with Crippen LogP contribution in [0.15, 0.2) is 64.4 Å². The van der Waals surface area contributed by atoms with Crippen molar-refractivity contribution in [2.24, 2.45) is 5.16 Å². The summed E-state index contributed by atoms with van der Waals surface area (Å²) in [5.74, 6) is 1.29. The van der Waals surface area contributed by atoms with Gasteiger partial charge in [-0.3, -0.25) is 0 Å². The van der Waals surface area contributed by atoms with Crippen molar-refractivity contribution in [1.82, 2.24) is 4.98 Å². The topological polar surface area (TPSA) is 66.1 Å². The molecule has 1 heterocycles. The van der Waals surface area contributed by atoms with Crippen molar-refractivity contribution in [2.45, 2.75) is 13.2 Å². The second-order valence-corrected chi connectivity index (χ2v) is 5.33. The first-order valence-corrected chi connectivity index (χ1v) is 7.93. The first-order valence-electron chi connectivity index (χ1n) is 7.93. The van der Waals surface area contributed by atoms with Gasteiger partial charge in [0.2, 0.25) is 5.89 Å². The van der Waals surface area contributed by atoms with E-state index in [0.29, 0.717) is 17.1 Å². The molecule has 0 unspecified atom stereocenters. The van der Waals surface area contributed by atoms with E-state index in [4.69, 9.17) is 14.0 Å². The zero-order valence-electron chi connectivity index (χ0n) is 14.3. The Labute approximate surface area is 154 Å². The van der Waals surface area contributed by atoms with E-state index in [1.807, 2.05) is 24.3 Å². The number of oxazole rings is 1. The number of methoxy groups -OCH3 is 1. The van der Waals surface area contributed by atoms with Gasteiger partial charge >= 0.3 is 6.61 Å². The maximum Gasteiger partial charge on any atom is 0.387 e. The van der Waals surface area contributed by atoms with Gasteiger partial charge in [0.25, 0.3) is 0 Å². The minimum atomic E-state index is -2.85. The van der Waals surface area contributed by atoms with Gasteiger partial charge in [-0.2, -0.15) is 8.78 Å². The average Bonchev–Trinajstić information content (AvgIpc) is 3.15. The van der Waals surface area contributed by atoms with Crippen LogP contribution in [0.4, 0.5) is 8.78 Å². The van der Waals surface area contributed by atoms with E-state index in [1.54, 1.807) is 19.2 Å². The van der Waals surface area contributed by atoms with Gasteiger partial charge in [-0.05, 0) is 54.1 Å². The van der Waals surface area contributed by atoms with Gasteiger partial charge in [-0.15, -0.1) is 0 Å². The number of rotatable bonds is 8. The summed E-state index contributed by atoms with van der Waals surface area (Å²) in [6.07, 6.45) is 2.95. The van der Waals surface area contributed by atoms with Gasteiger partial charge < -0.3 is 18.7 Å². The molecule has 8 heteroatoms. The molecule has 27 heavy (non-hydrogen) atoms. The normalized spacial score (nSPS) is 11.1. The van der Waals surface area contributed by atoms with Gasteiger partial charge in [-0.1, -0.05) is 5.16 Å². The lowest BCUT2D eigenvalue weighted by molar-refractivity contribution is -0.0498. The molecule has 0 bridgehead atoms. The van der Waals surface area contributed by atoms with Crippen LogP contribution in [-0.4, -0.2) is 24.9 Å². The van der Waals surface area contributed by atoms with E-state index in [-0.39, 0.29) is 12.4 Å². The van der Waals surface area contributed by atoms with Crippen LogP contribution in [0.2, 0.25) is 0 Å². The summed E-state index contributed by atoms with van der Waals surface area (Å²) in [6.45, 7) is -2.72. The molecule has 0 amide bonds. The number of ether oxygens (including phenoxy) is 2. The number of hydrogen-bond donors (Lipinski definition) is 0. The number of oxime groups is 1. The smallest absolute Gasteiger partial charge is 0.387 e. The molecular formula is C19H16F2N2O4. The lowest BCUT2D eigenvalue weighted by Crippen LogP contribution is -2.01. The molecule has 0 aliphatic carbocycles. The van der Waals surface area contributed by atoms with E-state index in [9.17, 15) is 8.78 Å². The van der Waals surface area contributed by atoms with Crippen LogP contribution >= 0.6 is 0 Å². The predicted octanol–water partition coefficient (Wildman–Crippen LogP) is 4.50. The lowest BCUT2D eigenvalue weighted by Gasteiger charge is -2.03. The number of benzene rings is 2.